The van der Waals surface area contributed by atoms with E-state index in [2.05, 4.69) is 29.3 Å². The third kappa shape index (κ3) is 8.24. The van der Waals surface area contributed by atoms with Gasteiger partial charge in [-0.05, 0) is 56.5 Å². The summed E-state index contributed by atoms with van der Waals surface area (Å²) in [4.78, 5) is 14.8. The molecule has 1 heterocycles. The minimum Gasteiger partial charge on any atom is -0.352 e. The van der Waals surface area contributed by atoms with Gasteiger partial charge in [0.05, 0.1) is 0 Å². The smallest absolute Gasteiger partial charge is 0.220 e. The van der Waals surface area contributed by atoms with Gasteiger partial charge in [0.25, 0.3) is 0 Å². The molecule has 4 heteroatoms. The van der Waals surface area contributed by atoms with Gasteiger partial charge in [-0.25, -0.2) is 0 Å². The van der Waals surface area contributed by atoms with Crippen molar-refractivity contribution in [1.82, 2.24) is 10.2 Å². The summed E-state index contributed by atoms with van der Waals surface area (Å²) >= 11 is 5.99. The number of rotatable bonds is 11. The van der Waals surface area contributed by atoms with Gasteiger partial charge in [0.2, 0.25) is 5.91 Å². The molecule has 0 unspecified atom stereocenters. The molecule has 0 bridgehead atoms. The number of carbonyl (C=O) groups is 1. The molecular formula is C21H33ClN2O. The molecule has 140 valence electrons. The Morgan fingerprint density at radius 1 is 1.12 bits per heavy atom. The molecule has 1 N–H and O–H groups in total. The van der Waals surface area contributed by atoms with Crippen LogP contribution in [0.3, 0.4) is 0 Å². The second-order valence-corrected chi connectivity index (χ2v) is 7.70. The van der Waals surface area contributed by atoms with Crippen molar-refractivity contribution in [2.75, 3.05) is 19.6 Å². The fourth-order valence-electron chi connectivity index (χ4n) is 3.53. The van der Waals surface area contributed by atoms with Gasteiger partial charge in [0, 0.05) is 24.0 Å². The summed E-state index contributed by atoms with van der Waals surface area (Å²) in [6.45, 7) is 5.48. The highest BCUT2D eigenvalue weighted by Crippen LogP contribution is 2.14. The van der Waals surface area contributed by atoms with E-state index in [4.69, 9.17) is 11.6 Å². The monoisotopic (exact) mass is 364 g/mol. The zero-order valence-corrected chi connectivity index (χ0v) is 16.4. The van der Waals surface area contributed by atoms with Gasteiger partial charge in [-0.2, -0.15) is 0 Å². The zero-order chi connectivity index (χ0) is 17.9. The van der Waals surface area contributed by atoms with Gasteiger partial charge in [0.15, 0.2) is 0 Å². The van der Waals surface area contributed by atoms with Gasteiger partial charge < -0.3 is 10.2 Å². The Kier molecular flexibility index (Phi) is 9.35. The molecule has 0 aliphatic carbocycles. The molecule has 0 saturated carbocycles. The lowest BCUT2D eigenvalue weighted by molar-refractivity contribution is -0.122. The van der Waals surface area contributed by atoms with E-state index in [0.29, 0.717) is 6.42 Å². The minimum absolute atomic E-state index is 0.183. The average molecular weight is 365 g/mol. The molecule has 0 spiro atoms. The molecule has 1 atom stereocenters. The third-order valence-corrected chi connectivity index (χ3v) is 5.20. The molecule has 2 rings (SSSR count). The van der Waals surface area contributed by atoms with Gasteiger partial charge in [-0.1, -0.05) is 56.3 Å². The van der Waals surface area contributed by atoms with Crippen LogP contribution in [0.4, 0.5) is 0 Å². The second-order valence-electron chi connectivity index (χ2n) is 7.27. The molecule has 0 aromatic heterocycles. The van der Waals surface area contributed by atoms with Gasteiger partial charge in [-0.3, -0.25) is 4.79 Å². The van der Waals surface area contributed by atoms with Crippen LogP contribution in [0.5, 0.6) is 0 Å². The summed E-state index contributed by atoms with van der Waals surface area (Å²) in [7, 11) is 0. The molecule has 1 aromatic rings. The molecular weight excluding hydrogens is 332 g/mol. The molecule has 0 radical (unpaired) electrons. The van der Waals surface area contributed by atoms with E-state index in [-0.39, 0.29) is 11.9 Å². The topological polar surface area (TPSA) is 32.3 Å². The number of hydrogen-bond donors (Lipinski definition) is 1. The Labute approximate surface area is 158 Å². The van der Waals surface area contributed by atoms with Crippen LogP contribution in [-0.4, -0.2) is 36.5 Å². The van der Waals surface area contributed by atoms with Gasteiger partial charge in [0.1, 0.15) is 0 Å². The number of halogens is 1. The Morgan fingerprint density at radius 3 is 2.48 bits per heavy atom. The van der Waals surface area contributed by atoms with Crippen LogP contribution in [0.15, 0.2) is 24.3 Å². The first-order chi connectivity index (χ1) is 12.2. The van der Waals surface area contributed by atoms with Crippen LogP contribution in [0.1, 0.15) is 63.9 Å². The normalized spacial score (nSPS) is 16.1. The summed E-state index contributed by atoms with van der Waals surface area (Å²) in [5.74, 6) is 0.203. The van der Waals surface area contributed by atoms with E-state index in [0.717, 1.165) is 43.9 Å². The predicted molar refractivity (Wildman–Crippen MR) is 106 cm³/mol. The number of benzene rings is 1. The molecule has 3 nitrogen and oxygen atoms in total. The van der Waals surface area contributed by atoms with E-state index in [1.54, 1.807) is 0 Å². The van der Waals surface area contributed by atoms with Crippen LogP contribution in [0.25, 0.3) is 0 Å². The van der Waals surface area contributed by atoms with E-state index in [1.807, 2.05) is 12.1 Å². The van der Waals surface area contributed by atoms with Crippen LogP contribution in [0.2, 0.25) is 5.02 Å². The first kappa shape index (κ1) is 20.3. The standard InChI is InChI=1S/C21H33ClN2O/c1-2-3-4-5-6-9-21(25)23-20(17-24-14-7-8-15-24)16-18-10-12-19(22)13-11-18/h10-13,20H,2-9,14-17H2,1H3,(H,23,25)/t20-/m0/s1. The lowest BCUT2D eigenvalue weighted by atomic mass is 10.0. The van der Waals surface area contributed by atoms with Crippen LogP contribution < -0.4 is 5.32 Å². The Bertz CT molecular complexity index is 497. The van der Waals surface area contributed by atoms with Crippen molar-refractivity contribution >= 4 is 17.5 Å². The van der Waals surface area contributed by atoms with E-state index < -0.39 is 0 Å². The fourth-order valence-corrected chi connectivity index (χ4v) is 3.66. The largest absolute Gasteiger partial charge is 0.352 e. The van der Waals surface area contributed by atoms with Crippen LogP contribution in [-0.2, 0) is 11.2 Å². The first-order valence-electron chi connectivity index (χ1n) is 9.93. The van der Waals surface area contributed by atoms with Gasteiger partial charge >= 0.3 is 0 Å². The van der Waals surface area contributed by atoms with Crippen LogP contribution in [0, 0.1) is 0 Å². The van der Waals surface area contributed by atoms with Gasteiger partial charge in [-0.15, -0.1) is 0 Å². The van der Waals surface area contributed by atoms with E-state index in [9.17, 15) is 4.79 Å². The summed E-state index contributed by atoms with van der Waals surface area (Å²) in [5.41, 5.74) is 1.23. The fraction of sp³-hybridized carbons (Fsp3) is 0.667. The Balaban J connectivity index is 1.82. The summed E-state index contributed by atoms with van der Waals surface area (Å²) in [6.07, 6.45) is 10.00. The average Bonchev–Trinajstić information content (AvgIpc) is 3.09. The molecule has 25 heavy (non-hydrogen) atoms. The van der Waals surface area contributed by atoms with E-state index >= 15 is 0 Å². The highest BCUT2D eigenvalue weighted by Gasteiger charge is 2.19. The highest BCUT2D eigenvalue weighted by atomic mass is 35.5. The molecule has 1 fully saturated rings. The molecule has 1 aliphatic heterocycles. The molecule has 1 aliphatic rings. The summed E-state index contributed by atoms with van der Waals surface area (Å²) in [6, 6.07) is 8.17. The van der Waals surface area contributed by atoms with Crippen LogP contribution >= 0.6 is 11.6 Å². The Hall–Kier alpha value is -1.06. The van der Waals surface area contributed by atoms with Crippen molar-refractivity contribution in [2.45, 2.75) is 70.8 Å². The lowest BCUT2D eigenvalue weighted by Crippen LogP contribution is -2.44. The highest BCUT2D eigenvalue weighted by molar-refractivity contribution is 6.30. The van der Waals surface area contributed by atoms with Crippen molar-refractivity contribution in [3.8, 4) is 0 Å². The lowest BCUT2D eigenvalue weighted by Gasteiger charge is -2.25. The summed E-state index contributed by atoms with van der Waals surface area (Å²) < 4.78 is 0. The Morgan fingerprint density at radius 2 is 1.80 bits per heavy atom. The maximum Gasteiger partial charge on any atom is 0.220 e. The van der Waals surface area contributed by atoms with Crippen molar-refractivity contribution in [3.63, 3.8) is 0 Å². The van der Waals surface area contributed by atoms with Crippen molar-refractivity contribution in [3.05, 3.63) is 34.9 Å². The minimum atomic E-state index is 0.183. The van der Waals surface area contributed by atoms with Crippen molar-refractivity contribution < 1.29 is 4.79 Å². The quantitative estimate of drug-likeness (QED) is 0.571. The SMILES string of the molecule is CCCCCCCC(=O)N[C@@H](Cc1ccc(Cl)cc1)CN1CCCC1. The number of likely N-dealkylation sites (tertiary alicyclic amines) is 1. The van der Waals surface area contributed by atoms with Crippen molar-refractivity contribution in [2.24, 2.45) is 0 Å². The maximum atomic E-state index is 12.4. The first-order valence-corrected chi connectivity index (χ1v) is 10.3. The van der Waals surface area contributed by atoms with Crippen molar-refractivity contribution in [1.29, 1.82) is 0 Å². The number of nitrogens with one attached hydrogen (secondary N) is 1. The summed E-state index contributed by atoms with van der Waals surface area (Å²) in [5, 5.41) is 4.04. The molecule has 1 aromatic carbocycles. The number of hydrogen-bond acceptors (Lipinski definition) is 2. The third-order valence-electron chi connectivity index (χ3n) is 4.95. The number of carbonyl (C=O) groups excluding carboxylic acids is 1. The molecule has 1 saturated heterocycles. The zero-order valence-electron chi connectivity index (χ0n) is 15.6. The van der Waals surface area contributed by atoms with E-state index in [1.165, 1.54) is 37.7 Å². The second kappa shape index (κ2) is 11.5. The number of amides is 1. The maximum absolute atomic E-state index is 12.4. The number of nitrogens with zero attached hydrogens (tertiary/aromatic N) is 1. The number of unbranched alkanes of at least 4 members (excludes halogenated alkanes) is 4. The molecule has 1 amide bonds. The predicted octanol–water partition coefficient (Wildman–Crippen LogP) is 4.82.